The van der Waals surface area contributed by atoms with Gasteiger partial charge < -0.3 is 19.7 Å². The molecule has 1 fully saturated rings. The number of nitrogens with one attached hydrogen (secondary N) is 1. The molecule has 2 heterocycles. The van der Waals surface area contributed by atoms with Gasteiger partial charge in [0.15, 0.2) is 11.5 Å². The maximum atomic E-state index is 14.0. The van der Waals surface area contributed by atoms with Gasteiger partial charge in [0.25, 0.3) is 0 Å². The molecule has 0 spiro atoms. The fourth-order valence-corrected chi connectivity index (χ4v) is 3.97. The number of benzene rings is 2. The lowest BCUT2D eigenvalue weighted by Crippen LogP contribution is -2.35. The Bertz CT molecular complexity index is 905. The lowest BCUT2D eigenvalue weighted by Gasteiger charge is -2.25. The maximum absolute atomic E-state index is 14.0. The normalized spacial score (nSPS) is 18.0. The lowest BCUT2D eigenvalue weighted by molar-refractivity contribution is -0.129. The number of amides is 1. The van der Waals surface area contributed by atoms with Gasteiger partial charge in [-0.05, 0) is 43.1 Å². The van der Waals surface area contributed by atoms with Gasteiger partial charge in [-0.2, -0.15) is 0 Å². The second-order valence-corrected chi connectivity index (χ2v) is 7.58. The van der Waals surface area contributed by atoms with E-state index in [0.717, 1.165) is 5.56 Å². The molecule has 154 valence electrons. The summed E-state index contributed by atoms with van der Waals surface area (Å²) >= 11 is 6.28. The summed E-state index contributed by atoms with van der Waals surface area (Å²) in [5.41, 5.74) is 0.830. The molecule has 1 saturated heterocycles. The summed E-state index contributed by atoms with van der Waals surface area (Å²) in [6.07, 6.45) is 1.76. The van der Waals surface area contributed by atoms with Crippen LogP contribution in [0.4, 0.5) is 8.78 Å². The summed E-state index contributed by atoms with van der Waals surface area (Å²) in [4.78, 5) is 13.8. The van der Waals surface area contributed by atoms with Crippen LogP contribution in [0.3, 0.4) is 0 Å². The summed E-state index contributed by atoms with van der Waals surface area (Å²) in [6.45, 7) is 1.32. The van der Waals surface area contributed by atoms with Gasteiger partial charge in [0.1, 0.15) is 11.6 Å². The average molecular weight is 423 g/mol. The highest BCUT2D eigenvalue weighted by atomic mass is 35.5. The van der Waals surface area contributed by atoms with Crippen LogP contribution in [0.15, 0.2) is 30.3 Å². The smallest absolute Gasteiger partial charge is 0.231 e. The number of halogens is 3. The number of likely N-dealkylation sites (tertiary alicyclic amines) is 1. The molecule has 1 unspecified atom stereocenters. The van der Waals surface area contributed by atoms with Crippen molar-refractivity contribution in [2.45, 2.75) is 38.4 Å². The summed E-state index contributed by atoms with van der Waals surface area (Å²) in [6, 6.07) is 7.28. The highest BCUT2D eigenvalue weighted by Crippen LogP contribution is 2.36. The molecule has 0 aromatic heterocycles. The third kappa shape index (κ3) is 4.31. The van der Waals surface area contributed by atoms with Crippen molar-refractivity contribution in [2.24, 2.45) is 0 Å². The molecule has 0 bridgehead atoms. The minimum Gasteiger partial charge on any atom is -0.454 e. The molecule has 2 aromatic carbocycles. The van der Waals surface area contributed by atoms with Crippen molar-refractivity contribution in [1.82, 2.24) is 10.2 Å². The standard InChI is InChI=1S/C21H21ClF2N2O3/c22-16-9-20-19(28-12-29-20)8-13(16)10-25-7-6-14-4-5-21(27)26(14)11-15-17(23)2-1-3-18(15)24/h1-3,8-9,14,25H,4-7,10-12H2. The SMILES string of the molecule is O=C1CCC(CCNCc2cc3c(cc2Cl)OCO3)N1Cc1c(F)cccc1F. The Hall–Kier alpha value is -2.38. The third-order valence-electron chi connectivity index (χ3n) is 5.35. The van der Waals surface area contributed by atoms with Crippen LogP contribution in [-0.4, -0.2) is 30.2 Å². The van der Waals surface area contributed by atoms with Gasteiger partial charge in [0.05, 0.1) is 6.54 Å². The van der Waals surface area contributed by atoms with E-state index in [0.29, 0.717) is 48.9 Å². The Balaban J connectivity index is 1.33. The monoisotopic (exact) mass is 422 g/mol. The topological polar surface area (TPSA) is 50.8 Å². The van der Waals surface area contributed by atoms with E-state index >= 15 is 0 Å². The van der Waals surface area contributed by atoms with E-state index in [2.05, 4.69) is 5.32 Å². The Labute approximate surface area is 172 Å². The molecule has 4 rings (SSSR count). The van der Waals surface area contributed by atoms with Crippen molar-refractivity contribution in [2.75, 3.05) is 13.3 Å². The van der Waals surface area contributed by atoms with Crippen LogP contribution in [0.5, 0.6) is 11.5 Å². The van der Waals surface area contributed by atoms with Crippen LogP contribution in [0.25, 0.3) is 0 Å². The van der Waals surface area contributed by atoms with Crippen molar-refractivity contribution >= 4 is 17.5 Å². The van der Waals surface area contributed by atoms with Crippen molar-refractivity contribution in [1.29, 1.82) is 0 Å². The van der Waals surface area contributed by atoms with E-state index in [4.69, 9.17) is 21.1 Å². The van der Waals surface area contributed by atoms with Gasteiger partial charge in [0, 0.05) is 35.7 Å². The van der Waals surface area contributed by atoms with Gasteiger partial charge in [-0.15, -0.1) is 0 Å². The highest BCUT2D eigenvalue weighted by Gasteiger charge is 2.31. The first-order chi connectivity index (χ1) is 14.0. The second kappa shape index (κ2) is 8.55. The molecule has 1 N–H and O–H groups in total. The van der Waals surface area contributed by atoms with Gasteiger partial charge in [-0.25, -0.2) is 8.78 Å². The van der Waals surface area contributed by atoms with Crippen molar-refractivity contribution in [3.63, 3.8) is 0 Å². The fourth-order valence-electron chi connectivity index (χ4n) is 3.75. The van der Waals surface area contributed by atoms with Crippen LogP contribution in [-0.2, 0) is 17.9 Å². The molecule has 8 heteroatoms. The van der Waals surface area contributed by atoms with E-state index < -0.39 is 11.6 Å². The summed E-state index contributed by atoms with van der Waals surface area (Å²) < 4.78 is 38.6. The van der Waals surface area contributed by atoms with E-state index in [1.54, 1.807) is 11.0 Å². The Kier molecular flexibility index (Phi) is 5.87. The predicted octanol–water partition coefficient (Wildman–Crippen LogP) is 4.02. The first kappa shape index (κ1) is 19.9. The predicted molar refractivity (Wildman–Crippen MR) is 104 cm³/mol. The van der Waals surface area contributed by atoms with Crippen LogP contribution in [0, 0.1) is 11.6 Å². The zero-order valence-electron chi connectivity index (χ0n) is 15.7. The molecule has 5 nitrogen and oxygen atoms in total. The first-order valence-electron chi connectivity index (χ1n) is 9.54. The summed E-state index contributed by atoms with van der Waals surface area (Å²) in [7, 11) is 0. The molecule has 1 atom stereocenters. The summed E-state index contributed by atoms with van der Waals surface area (Å²) in [5, 5.41) is 3.91. The molecule has 2 aliphatic heterocycles. The third-order valence-corrected chi connectivity index (χ3v) is 5.71. The van der Waals surface area contributed by atoms with Crippen molar-refractivity contribution in [3.05, 3.63) is 58.1 Å². The van der Waals surface area contributed by atoms with Crippen LogP contribution in [0.2, 0.25) is 5.02 Å². The number of hydrogen-bond donors (Lipinski definition) is 1. The van der Waals surface area contributed by atoms with E-state index in [1.165, 1.54) is 18.2 Å². The Morgan fingerprint density at radius 2 is 1.90 bits per heavy atom. The number of fused-ring (bicyclic) bond motifs is 1. The molecular formula is C21H21ClF2N2O3. The molecule has 0 radical (unpaired) electrons. The minimum absolute atomic E-state index is 0.0456. The van der Waals surface area contributed by atoms with E-state index in [1.807, 2.05) is 6.07 Å². The van der Waals surface area contributed by atoms with Gasteiger partial charge in [-0.3, -0.25) is 4.79 Å². The lowest BCUT2D eigenvalue weighted by atomic mass is 10.1. The van der Waals surface area contributed by atoms with E-state index in [-0.39, 0.29) is 30.9 Å². The van der Waals surface area contributed by atoms with Gasteiger partial charge >= 0.3 is 0 Å². The number of ether oxygens (including phenoxy) is 2. The zero-order valence-corrected chi connectivity index (χ0v) is 16.5. The average Bonchev–Trinajstić information content (AvgIpc) is 3.28. The van der Waals surface area contributed by atoms with Crippen molar-refractivity contribution < 1.29 is 23.0 Å². The molecule has 0 aliphatic carbocycles. The Morgan fingerprint density at radius 3 is 2.66 bits per heavy atom. The number of rotatable bonds is 7. The quantitative estimate of drug-likeness (QED) is 0.685. The molecule has 2 aromatic rings. The number of carbonyl (C=O) groups is 1. The number of nitrogens with zero attached hydrogens (tertiary/aromatic N) is 1. The van der Waals surface area contributed by atoms with Crippen LogP contribution < -0.4 is 14.8 Å². The van der Waals surface area contributed by atoms with Crippen LogP contribution in [0.1, 0.15) is 30.4 Å². The van der Waals surface area contributed by atoms with E-state index in [9.17, 15) is 13.6 Å². The second-order valence-electron chi connectivity index (χ2n) is 7.18. The van der Waals surface area contributed by atoms with Crippen molar-refractivity contribution in [3.8, 4) is 11.5 Å². The summed E-state index contributed by atoms with van der Waals surface area (Å²) in [5.74, 6) is -0.0144. The number of hydrogen-bond acceptors (Lipinski definition) is 4. The first-order valence-corrected chi connectivity index (χ1v) is 9.92. The zero-order chi connectivity index (χ0) is 20.4. The molecule has 1 amide bonds. The fraction of sp³-hybridized carbons (Fsp3) is 0.381. The highest BCUT2D eigenvalue weighted by molar-refractivity contribution is 6.31. The molecule has 0 saturated carbocycles. The maximum Gasteiger partial charge on any atom is 0.231 e. The minimum atomic E-state index is -0.626. The van der Waals surface area contributed by atoms with Gasteiger partial charge in [0.2, 0.25) is 12.7 Å². The number of carbonyl (C=O) groups excluding carboxylic acids is 1. The largest absolute Gasteiger partial charge is 0.454 e. The molecule has 29 heavy (non-hydrogen) atoms. The van der Waals surface area contributed by atoms with Gasteiger partial charge in [-0.1, -0.05) is 17.7 Å². The molecular weight excluding hydrogens is 402 g/mol. The Morgan fingerprint density at radius 1 is 1.17 bits per heavy atom. The van der Waals surface area contributed by atoms with Crippen LogP contribution >= 0.6 is 11.6 Å². The molecule has 2 aliphatic rings.